The first kappa shape index (κ1) is 12.0. The minimum absolute atomic E-state index is 0.380. The zero-order valence-corrected chi connectivity index (χ0v) is 10.4. The van der Waals surface area contributed by atoms with Crippen LogP contribution in [0, 0.1) is 18.3 Å². The summed E-state index contributed by atoms with van der Waals surface area (Å²) < 4.78 is 1.83. The molecular weight excluding hydrogens is 228 g/mol. The summed E-state index contributed by atoms with van der Waals surface area (Å²) in [6, 6.07) is 5.65. The highest BCUT2D eigenvalue weighted by Crippen LogP contribution is 2.04. The standard InChI is InChI=1S/C12H14N6/c1-9-7-10(8-13)17-12(16-9)14-5-3-11-4-6-15-18(11)2/h4,6-7H,3,5H2,1-2H3,(H,14,16,17). The van der Waals surface area contributed by atoms with Crippen LogP contribution in [0.2, 0.25) is 0 Å². The first-order valence-corrected chi connectivity index (χ1v) is 5.65. The smallest absolute Gasteiger partial charge is 0.224 e. The fourth-order valence-corrected chi connectivity index (χ4v) is 1.65. The third-order valence-electron chi connectivity index (χ3n) is 2.56. The number of anilines is 1. The molecule has 0 saturated heterocycles. The lowest BCUT2D eigenvalue weighted by Gasteiger charge is -2.06. The van der Waals surface area contributed by atoms with E-state index in [1.807, 2.05) is 30.8 Å². The molecule has 0 radical (unpaired) electrons. The summed E-state index contributed by atoms with van der Waals surface area (Å²) in [5, 5.41) is 16.0. The molecule has 2 aromatic rings. The Morgan fingerprint density at radius 2 is 2.28 bits per heavy atom. The van der Waals surface area contributed by atoms with Gasteiger partial charge in [0, 0.05) is 37.6 Å². The Morgan fingerprint density at radius 1 is 1.44 bits per heavy atom. The summed E-state index contributed by atoms with van der Waals surface area (Å²) >= 11 is 0. The molecule has 2 heterocycles. The Morgan fingerprint density at radius 3 is 2.94 bits per heavy atom. The Hall–Kier alpha value is -2.42. The minimum Gasteiger partial charge on any atom is -0.354 e. The van der Waals surface area contributed by atoms with Crippen molar-refractivity contribution >= 4 is 5.95 Å². The summed E-state index contributed by atoms with van der Waals surface area (Å²) in [6.45, 7) is 2.54. The van der Waals surface area contributed by atoms with Gasteiger partial charge in [0.15, 0.2) is 0 Å². The van der Waals surface area contributed by atoms with Crippen molar-refractivity contribution in [2.75, 3.05) is 11.9 Å². The van der Waals surface area contributed by atoms with E-state index >= 15 is 0 Å². The van der Waals surface area contributed by atoms with Crippen LogP contribution in [0.1, 0.15) is 17.1 Å². The van der Waals surface area contributed by atoms with Crippen LogP contribution in [0.5, 0.6) is 0 Å². The highest BCUT2D eigenvalue weighted by molar-refractivity contribution is 5.33. The molecule has 0 aliphatic rings. The molecule has 0 spiro atoms. The number of hydrogen-bond donors (Lipinski definition) is 1. The maximum atomic E-state index is 8.82. The minimum atomic E-state index is 0.380. The monoisotopic (exact) mass is 242 g/mol. The van der Waals surface area contributed by atoms with Crippen LogP contribution in [0.4, 0.5) is 5.95 Å². The molecule has 1 N–H and O–H groups in total. The summed E-state index contributed by atoms with van der Waals surface area (Å²) in [4.78, 5) is 8.31. The normalized spacial score (nSPS) is 10.1. The Balaban J connectivity index is 1.97. The van der Waals surface area contributed by atoms with Gasteiger partial charge in [-0.2, -0.15) is 10.4 Å². The molecule has 6 heteroatoms. The number of aromatic nitrogens is 4. The fourth-order valence-electron chi connectivity index (χ4n) is 1.65. The van der Waals surface area contributed by atoms with E-state index in [-0.39, 0.29) is 0 Å². The topological polar surface area (TPSA) is 79.4 Å². The largest absolute Gasteiger partial charge is 0.354 e. The van der Waals surface area contributed by atoms with Crippen LogP contribution in [-0.2, 0) is 13.5 Å². The highest BCUT2D eigenvalue weighted by atomic mass is 15.3. The van der Waals surface area contributed by atoms with Crippen LogP contribution in [0.15, 0.2) is 18.3 Å². The molecule has 0 bridgehead atoms. The van der Waals surface area contributed by atoms with Crippen LogP contribution >= 0.6 is 0 Å². The van der Waals surface area contributed by atoms with Gasteiger partial charge in [-0.25, -0.2) is 9.97 Å². The van der Waals surface area contributed by atoms with Crippen molar-refractivity contribution in [2.24, 2.45) is 7.05 Å². The van der Waals surface area contributed by atoms with Crippen molar-refractivity contribution < 1.29 is 0 Å². The fraction of sp³-hybridized carbons (Fsp3) is 0.333. The number of hydrogen-bond acceptors (Lipinski definition) is 5. The van der Waals surface area contributed by atoms with Crippen molar-refractivity contribution in [2.45, 2.75) is 13.3 Å². The van der Waals surface area contributed by atoms with Crippen LogP contribution in [-0.4, -0.2) is 26.3 Å². The predicted octanol–water partition coefficient (Wildman–Crippen LogP) is 1.04. The van der Waals surface area contributed by atoms with Crippen LogP contribution < -0.4 is 5.32 Å². The van der Waals surface area contributed by atoms with Gasteiger partial charge in [-0.15, -0.1) is 0 Å². The second kappa shape index (κ2) is 5.27. The zero-order chi connectivity index (χ0) is 13.0. The molecule has 2 aromatic heterocycles. The molecule has 0 aliphatic heterocycles. The molecule has 0 amide bonds. The molecule has 92 valence electrons. The van der Waals surface area contributed by atoms with Gasteiger partial charge >= 0.3 is 0 Å². The molecule has 2 rings (SSSR count). The van der Waals surface area contributed by atoms with E-state index in [4.69, 9.17) is 5.26 Å². The molecule has 0 aliphatic carbocycles. The lowest BCUT2D eigenvalue weighted by atomic mass is 10.3. The summed E-state index contributed by atoms with van der Waals surface area (Å²) in [5.74, 6) is 0.494. The van der Waals surface area contributed by atoms with Gasteiger partial charge in [0.25, 0.3) is 0 Å². The van der Waals surface area contributed by atoms with Gasteiger partial charge < -0.3 is 5.32 Å². The lowest BCUT2D eigenvalue weighted by molar-refractivity contribution is 0.710. The third kappa shape index (κ3) is 2.83. The molecule has 6 nitrogen and oxygen atoms in total. The van der Waals surface area contributed by atoms with Gasteiger partial charge in [-0.1, -0.05) is 0 Å². The molecule has 0 fully saturated rings. The number of nitrogens with zero attached hydrogens (tertiary/aromatic N) is 5. The van der Waals surface area contributed by atoms with Gasteiger partial charge in [-0.3, -0.25) is 4.68 Å². The first-order valence-electron chi connectivity index (χ1n) is 5.65. The van der Waals surface area contributed by atoms with E-state index in [0.29, 0.717) is 18.2 Å². The molecule has 18 heavy (non-hydrogen) atoms. The van der Waals surface area contributed by atoms with Gasteiger partial charge in [0.05, 0.1) is 0 Å². The highest BCUT2D eigenvalue weighted by Gasteiger charge is 2.02. The van der Waals surface area contributed by atoms with E-state index in [0.717, 1.165) is 17.8 Å². The first-order chi connectivity index (χ1) is 8.69. The second-order valence-electron chi connectivity index (χ2n) is 3.95. The maximum Gasteiger partial charge on any atom is 0.224 e. The Labute approximate surface area is 105 Å². The van der Waals surface area contributed by atoms with Gasteiger partial charge in [0.1, 0.15) is 11.8 Å². The van der Waals surface area contributed by atoms with E-state index in [1.165, 1.54) is 0 Å². The van der Waals surface area contributed by atoms with Gasteiger partial charge in [-0.05, 0) is 19.1 Å². The quantitative estimate of drug-likeness (QED) is 0.866. The van der Waals surface area contributed by atoms with Crippen LogP contribution in [0.25, 0.3) is 0 Å². The molecular formula is C12H14N6. The van der Waals surface area contributed by atoms with Crippen molar-refractivity contribution in [3.8, 4) is 6.07 Å². The predicted molar refractivity (Wildman–Crippen MR) is 66.9 cm³/mol. The number of nitrogens with one attached hydrogen (secondary N) is 1. The van der Waals surface area contributed by atoms with Crippen molar-refractivity contribution in [1.29, 1.82) is 5.26 Å². The van der Waals surface area contributed by atoms with Gasteiger partial charge in [0.2, 0.25) is 5.95 Å². The van der Waals surface area contributed by atoms with Crippen LogP contribution in [0.3, 0.4) is 0 Å². The van der Waals surface area contributed by atoms with Crippen molar-refractivity contribution in [1.82, 2.24) is 19.7 Å². The molecule has 0 saturated carbocycles. The number of rotatable bonds is 4. The molecule has 0 unspecified atom stereocenters. The molecule has 0 atom stereocenters. The zero-order valence-electron chi connectivity index (χ0n) is 10.4. The third-order valence-corrected chi connectivity index (χ3v) is 2.56. The van der Waals surface area contributed by atoms with Crippen molar-refractivity contribution in [3.63, 3.8) is 0 Å². The van der Waals surface area contributed by atoms with E-state index < -0.39 is 0 Å². The van der Waals surface area contributed by atoms with E-state index in [1.54, 1.807) is 12.3 Å². The maximum absolute atomic E-state index is 8.82. The van der Waals surface area contributed by atoms with E-state index in [2.05, 4.69) is 20.4 Å². The summed E-state index contributed by atoms with van der Waals surface area (Å²) in [7, 11) is 1.91. The number of aryl methyl sites for hydroxylation is 2. The van der Waals surface area contributed by atoms with Crippen molar-refractivity contribution in [3.05, 3.63) is 35.4 Å². The average Bonchev–Trinajstić information content (AvgIpc) is 2.74. The SMILES string of the molecule is Cc1cc(C#N)nc(NCCc2ccnn2C)n1. The summed E-state index contributed by atoms with van der Waals surface area (Å²) in [5.41, 5.74) is 2.30. The summed E-state index contributed by atoms with van der Waals surface area (Å²) in [6.07, 6.45) is 2.60. The van der Waals surface area contributed by atoms with E-state index in [9.17, 15) is 0 Å². The average molecular weight is 242 g/mol. The Kier molecular flexibility index (Phi) is 3.53. The lowest BCUT2D eigenvalue weighted by Crippen LogP contribution is -2.11. The Bertz CT molecular complexity index is 580. The number of nitriles is 1. The second-order valence-corrected chi connectivity index (χ2v) is 3.95. The molecule has 0 aromatic carbocycles.